The number of pyridine rings is 1. The van der Waals surface area contributed by atoms with E-state index >= 15 is 0 Å². The molecule has 0 N–H and O–H groups in total. The third-order valence-corrected chi connectivity index (χ3v) is 2.94. The van der Waals surface area contributed by atoms with Crippen molar-refractivity contribution in [3.05, 3.63) is 42.2 Å². The molecule has 1 atom stereocenters. The summed E-state index contributed by atoms with van der Waals surface area (Å²) in [7, 11) is 0. The molecule has 78 valence electrons. The standard InChI is InChI=1S/C14H17N/c1-3-11(2)8-14-9-12-6-4-5-7-13(12)10-15-14/h4-7,9-11H,3,8H2,1-2H3. The molecule has 0 bridgehead atoms. The Bertz CT molecular complexity index is 448. The quantitative estimate of drug-likeness (QED) is 0.732. The van der Waals surface area contributed by atoms with Gasteiger partial charge < -0.3 is 0 Å². The van der Waals surface area contributed by atoms with Crippen molar-refractivity contribution in [2.45, 2.75) is 26.7 Å². The van der Waals surface area contributed by atoms with Crippen molar-refractivity contribution in [1.82, 2.24) is 4.98 Å². The molecule has 0 aliphatic heterocycles. The Balaban J connectivity index is 2.30. The molecule has 0 amide bonds. The molecule has 0 aliphatic rings. The molecule has 0 fully saturated rings. The fraction of sp³-hybridized carbons (Fsp3) is 0.357. The maximum absolute atomic E-state index is 4.49. The van der Waals surface area contributed by atoms with E-state index in [0.29, 0.717) is 0 Å². The Kier molecular flexibility index (Phi) is 3.00. The van der Waals surface area contributed by atoms with Crippen LogP contribution in [0.3, 0.4) is 0 Å². The summed E-state index contributed by atoms with van der Waals surface area (Å²) in [6, 6.07) is 10.6. The molecule has 0 spiro atoms. The van der Waals surface area contributed by atoms with Crippen LogP contribution in [0.1, 0.15) is 26.0 Å². The van der Waals surface area contributed by atoms with Gasteiger partial charge in [0.05, 0.1) is 0 Å². The fourth-order valence-corrected chi connectivity index (χ4v) is 1.74. The van der Waals surface area contributed by atoms with Gasteiger partial charge in [-0.05, 0) is 23.8 Å². The van der Waals surface area contributed by atoms with Crippen LogP contribution in [-0.4, -0.2) is 4.98 Å². The summed E-state index contributed by atoms with van der Waals surface area (Å²) in [5.41, 5.74) is 1.21. The van der Waals surface area contributed by atoms with E-state index in [1.54, 1.807) is 0 Å². The van der Waals surface area contributed by atoms with Gasteiger partial charge in [-0.1, -0.05) is 44.5 Å². The highest BCUT2D eigenvalue weighted by atomic mass is 14.7. The Morgan fingerprint density at radius 3 is 2.67 bits per heavy atom. The molecular formula is C14H17N. The van der Waals surface area contributed by atoms with Crippen molar-refractivity contribution in [3.8, 4) is 0 Å². The van der Waals surface area contributed by atoms with E-state index < -0.39 is 0 Å². The van der Waals surface area contributed by atoms with Crippen molar-refractivity contribution < 1.29 is 0 Å². The number of rotatable bonds is 3. The molecule has 1 nitrogen and oxygen atoms in total. The molecule has 0 saturated heterocycles. The van der Waals surface area contributed by atoms with Crippen LogP contribution in [-0.2, 0) is 6.42 Å². The highest BCUT2D eigenvalue weighted by molar-refractivity contribution is 5.81. The number of aromatic nitrogens is 1. The van der Waals surface area contributed by atoms with E-state index in [-0.39, 0.29) is 0 Å². The van der Waals surface area contributed by atoms with Gasteiger partial charge in [0.1, 0.15) is 0 Å². The fourth-order valence-electron chi connectivity index (χ4n) is 1.74. The van der Waals surface area contributed by atoms with Gasteiger partial charge in [-0.15, -0.1) is 0 Å². The molecule has 1 aromatic heterocycles. The second kappa shape index (κ2) is 4.43. The molecule has 0 saturated carbocycles. The van der Waals surface area contributed by atoms with E-state index in [1.165, 1.54) is 22.9 Å². The first-order valence-electron chi connectivity index (χ1n) is 5.63. The van der Waals surface area contributed by atoms with Gasteiger partial charge in [-0.25, -0.2) is 0 Å². The van der Waals surface area contributed by atoms with Crippen LogP contribution in [0.5, 0.6) is 0 Å². The monoisotopic (exact) mass is 199 g/mol. The van der Waals surface area contributed by atoms with Crippen molar-refractivity contribution >= 4 is 10.8 Å². The lowest BCUT2D eigenvalue weighted by molar-refractivity contribution is 0.553. The minimum absolute atomic E-state index is 0.721. The second-order valence-corrected chi connectivity index (χ2v) is 4.24. The Morgan fingerprint density at radius 1 is 1.20 bits per heavy atom. The average Bonchev–Trinajstić information content (AvgIpc) is 2.29. The third-order valence-electron chi connectivity index (χ3n) is 2.94. The topological polar surface area (TPSA) is 12.9 Å². The van der Waals surface area contributed by atoms with Crippen LogP contribution in [0.15, 0.2) is 36.5 Å². The van der Waals surface area contributed by atoms with Crippen LogP contribution >= 0.6 is 0 Å². The first-order valence-corrected chi connectivity index (χ1v) is 5.63. The minimum atomic E-state index is 0.721. The first-order chi connectivity index (χ1) is 7.29. The zero-order valence-electron chi connectivity index (χ0n) is 9.40. The van der Waals surface area contributed by atoms with Gasteiger partial charge in [0.15, 0.2) is 0 Å². The molecule has 0 radical (unpaired) electrons. The van der Waals surface area contributed by atoms with Crippen molar-refractivity contribution in [3.63, 3.8) is 0 Å². The average molecular weight is 199 g/mol. The molecular weight excluding hydrogens is 182 g/mol. The summed E-state index contributed by atoms with van der Waals surface area (Å²) in [6.07, 6.45) is 4.28. The lowest BCUT2D eigenvalue weighted by Crippen LogP contribution is -1.99. The van der Waals surface area contributed by atoms with Gasteiger partial charge in [-0.2, -0.15) is 0 Å². The van der Waals surface area contributed by atoms with Crippen molar-refractivity contribution in [2.24, 2.45) is 5.92 Å². The Morgan fingerprint density at radius 2 is 1.93 bits per heavy atom. The minimum Gasteiger partial charge on any atom is -0.261 e. The van der Waals surface area contributed by atoms with Gasteiger partial charge in [-0.3, -0.25) is 4.98 Å². The summed E-state index contributed by atoms with van der Waals surface area (Å²) in [5.74, 6) is 0.721. The van der Waals surface area contributed by atoms with E-state index in [4.69, 9.17) is 0 Å². The van der Waals surface area contributed by atoms with E-state index in [2.05, 4.69) is 49.2 Å². The predicted octanol–water partition coefficient (Wildman–Crippen LogP) is 3.82. The van der Waals surface area contributed by atoms with Gasteiger partial charge in [0, 0.05) is 17.3 Å². The molecule has 1 aromatic carbocycles. The maximum Gasteiger partial charge on any atom is 0.0412 e. The zero-order chi connectivity index (χ0) is 10.7. The first kappa shape index (κ1) is 10.2. The highest BCUT2D eigenvalue weighted by Crippen LogP contribution is 2.16. The normalized spacial score (nSPS) is 12.9. The summed E-state index contributed by atoms with van der Waals surface area (Å²) in [5, 5.41) is 2.52. The Labute approximate surface area is 91.2 Å². The second-order valence-electron chi connectivity index (χ2n) is 4.24. The molecule has 1 unspecified atom stereocenters. The SMILES string of the molecule is CCC(C)Cc1cc2ccccc2cn1. The number of fused-ring (bicyclic) bond motifs is 1. The van der Waals surface area contributed by atoms with Gasteiger partial charge in [0.25, 0.3) is 0 Å². The van der Waals surface area contributed by atoms with Crippen LogP contribution in [0.2, 0.25) is 0 Å². The molecule has 2 rings (SSSR count). The zero-order valence-corrected chi connectivity index (χ0v) is 9.40. The van der Waals surface area contributed by atoms with Crippen molar-refractivity contribution in [1.29, 1.82) is 0 Å². The van der Waals surface area contributed by atoms with Gasteiger partial charge >= 0.3 is 0 Å². The molecule has 0 aliphatic carbocycles. The molecule has 1 heteroatoms. The summed E-state index contributed by atoms with van der Waals surface area (Å²) in [6.45, 7) is 4.50. The van der Waals surface area contributed by atoms with Crippen LogP contribution < -0.4 is 0 Å². The van der Waals surface area contributed by atoms with E-state index in [0.717, 1.165) is 12.3 Å². The Hall–Kier alpha value is -1.37. The maximum atomic E-state index is 4.49. The number of hydrogen-bond donors (Lipinski definition) is 0. The molecule has 15 heavy (non-hydrogen) atoms. The summed E-state index contributed by atoms with van der Waals surface area (Å²) in [4.78, 5) is 4.49. The van der Waals surface area contributed by atoms with Crippen molar-refractivity contribution in [2.75, 3.05) is 0 Å². The lowest BCUT2D eigenvalue weighted by atomic mass is 10.0. The molecule has 1 heterocycles. The van der Waals surface area contributed by atoms with Crippen LogP contribution in [0.25, 0.3) is 10.8 Å². The lowest BCUT2D eigenvalue weighted by Gasteiger charge is -2.08. The summed E-state index contributed by atoms with van der Waals surface area (Å²) < 4.78 is 0. The largest absolute Gasteiger partial charge is 0.261 e. The smallest absolute Gasteiger partial charge is 0.0412 e. The summed E-state index contributed by atoms with van der Waals surface area (Å²) >= 11 is 0. The highest BCUT2D eigenvalue weighted by Gasteiger charge is 2.02. The van der Waals surface area contributed by atoms with Crippen LogP contribution in [0.4, 0.5) is 0 Å². The molecule has 2 aromatic rings. The number of nitrogens with zero attached hydrogens (tertiary/aromatic N) is 1. The number of hydrogen-bond acceptors (Lipinski definition) is 1. The van der Waals surface area contributed by atoms with Crippen LogP contribution in [0, 0.1) is 5.92 Å². The van der Waals surface area contributed by atoms with Gasteiger partial charge in [0.2, 0.25) is 0 Å². The number of benzene rings is 1. The predicted molar refractivity (Wildman–Crippen MR) is 64.9 cm³/mol. The third kappa shape index (κ3) is 2.35. The van der Waals surface area contributed by atoms with E-state index in [9.17, 15) is 0 Å². The van der Waals surface area contributed by atoms with E-state index in [1.807, 2.05) is 6.20 Å².